The van der Waals surface area contributed by atoms with Gasteiger partial charge in [-0.2, -0.15) is 0 Å². The van der Waals surface area contributed by atoms with E-state index in [9.17, 15) is 36.5 Å². The molecule has 2 aliphatic rings. The van der Waals surface area contributed by atoms with E-state index in [4.69, 9.17) is 43.5 Å². The van der Waals surface area contributed by atoms with Crippen molar-refractivity contribution in [1.82, 2.24) is 19.2 Å². The van der Waals surface area contributed by atoms with Crippen molar-refractivity contribution in [3.05, 3.63) is 67.7 Å². The first-order chi connectivity index (χ1) is 25.8. The molecule has 23 heteroatoms. The highest BCUT2D eigenvalue weighted by Crippen LogP contribution is 2.39. The molecule has 19 nitrogen and oxygen atoms in total. The number of alkyl carbamates (subject to hydrolysis) is 2. The van der Waals surface area contributed by atoms with Crippen molar-refractivity contribution in [2.75, 3.05) is 37.9 Å². The Bertz CT molecular complexity index is 2140. The van der Waals surface area contributed by atoms with Crippen LogP contribution in [0.1, 0.15) is 80.9 Å². The Labute approximate surface area is 350 Å². The average Bonchev–Trinajstić information content (AvgIpc) is 3.02. The Morgan fingerprint density at radius 3 is 1.53 bits per heavy atom. The van der Waals surface area contributed by atoms with Crippen LogP contribution in [0.3, 0.4) is 0 Å². The van der Waals surface area contributed by atoms with Gasteiger partial charge in [0.2, 0.25) is 32.0 Å². The van der Waals surface area contributed by atoms with Crippen molar-refractivity contribution >= 4 is 78.7 Å². The Balaban J connectivity index is 0.000000536. The molecular weight excluding hydrogens is 843 g/mol. The molecule has 0 bridgehead atoms. The molecule has 4 rings (SSSR count). The summed E-state index contributed by atoms with van der Waals surface area (Å²) in [5, 5.41) is 23.8. The SMILES string of the molecule is C.CCO.CN1C(NC(=O)OC(C)(C)C)=N[C@](C)(c2cc(N)ccc2Cl)CS1(=O)=O.CN1C(NC(=O)OC(C)(C)C)=N[C@](C)(c2cc([N+](=O)[O-])ccc2Cl)CS1(=O)=O. The fraction of sp³-hybridized carbons (Fsp3) is 0.543. The number of halogens is 2. The van der Waals surface area contributed by atoms with Gasteiger partial charge in [0.25, 0.3) is 5.69 Å². The number of hydrogen-bond acceptors (Lipinski definition) is 14. The number of hydrogen-bond donors (Lipinski definition) is 4. The highest BCUT2D eigenvalue weighted by atomic mass is 35.5. The Morgan fingerprint density at radius 2 is 1.19 bits per heavy atom. The van der Waals surface area contributed by atoms with Gasteiger partial charge in [-0.05, 0) is 86.6 Å². The normalized spacial score (nSPS) is 20.9. The molecule has 2 aliphatic heterocycles. The van der Waals surface area contributed by atoms with Crippen LogP contribution >= 0.6 is 23.2 Å². The number of nitrogens with zero attached hydrogens (tertiary/aromatic N) is 5. The minimum atomic E-state index is -3.90. The van der Waals surface area contributed by atoms with Crippen molar-refractivity contribution in [2.24, 2.45) is 9.98 Å². The number of carbonyl (C=O) groups excluding carboxylic acids is 2. The minimum Gasteiger partial charge on any atom is -0.444 e. The van der Waals surface area contributed by atoms with Crippen molar-refractivity contribution in [1.29, 1.82) is 0 Å². The number of carbonyl (C=O) groups is 2. The maximum Gasteiger partial charge on any atom is 0.414 e. The zero-order valence-electron chi connectivity index (χ0n) is 33.5. The van der Waals surface area contributed by atoms with E-state index >= 15 is 0 Å². The van der Waals surface area contributed by atoms with Crippen molar-refractivity contribution in [3.63, 3.8) is 0 Å². The van der Waals surface area contributed by atoms with Gasteiger partial charge in [0.1, 0.15) is 22.3 Å². The number of ether oxygens (including phenoxy) is 2. The lowest BCUT2D eigenvalue weighted by molar-refractivity contribution is -0.385. The Morgan fingerprint density at radius 1 is 0.845 bits per heavy atom. The van der Waals surface area contributed by atoms with Crippen molar-refractivity contribution < 1.29 is 45.9 Å². The third kappa shape index (κ3) is 13.8. The van der Waals surface area contributed by atoms with Crippen molar-refractivity contribution in [3.8, 4) is 0 Å². The van der Waals surface area contributed by atoms with E-state index in [2.05, 4.69) is 20.6 Å². The maximum absolute atomic E-state index is 12.7. The van der Waals surface area contributed by atoms with E-state index in [-0.39, 0.29) is 48.0 Å². The molecule has 2 heterocycles. The fourth-order valence-corrected chi connectivity index (χ4v) is 8.70. The third-order valence-corrected chi connectivity index (χ3v) is 12.1. The molecule has 326 valence electrons. The molecule has 58 heavy (non-hydrogen) atoms. The number of aliphatic imine (C=N–C) groups is 2. The van der Waals surface area contributed by atoms with Gasteiger partial charge in [-0.15, -0.1) is 0 Å². The second kappa shape index (κ2) is 19.1. The van der Waals surface area contributed by atoms with Crippen LogP contribution in [0, 0.1) is 10.1 Å². The lowest BCUT2D eigenvalue weighted by atomic mass is 9.94. The van der Waals surface area contributed by atoms with Crippen molar-refractivity contribution in [2.45, 2.75) is 92.0 Å². The summed E-state index contributed by atoms with van der Waals surface area (Å²) in [6.07, 6.45) is -1.69. The zero-order valence-corrected chi connectivity index (χ0v) is 36.6. The molecule has 2 amide bonds. The number of aliphatic hydroxyl groups is 1. The summed E-state index contributed by atoms with van der Waals surface area (Å²) < 4.78 is 62.6. The third-order valence-electron chi connectivity index (χ3n) is 7.60. The Kier molecular flexibility index (Phi) is 17.0. The second-order valence-electron chi connectivity index (χ2n) is 15.1. The summed E-state index contributed by atoms with van der Waals surface area (Å²) in [5.41, 5.74) is 2.38. The first-order valence-electron chi connectivity index (χ1n) is 17.0. The number of nitrogen functional groups attached to an aromatic ring is 1. The standard InChI is InChI=1S/C16H21ClN4O6S.C16H23ClN4O4S.C2H6O.CH4/c1-15(2,3)27-14(22)18-13-19-16(4,9-28(25,26)20(13)5)11-8-10(21(23)24)6-7-12(11)17;1-15(2,3)25-14(22)19-13-20-16(4,9-26(23,24)21(13)5)11-8-10(18)6-7-12(11)17;1-2-3;/h6-8H,9H2,1-5H3,(H,18,19,22);6-8H,9,18H2,1-5H3,(H,19,20,22);3H,2H2,1H3;1H4/t2*16-;;/m00../s1. The highest BCUT2D eigenvalue weighted by molar-refractivity contribution is 7.90. The van der Waals surface area contributed by atoms with Gasteiger partial charge in [-0.3, -0.25) is 20.7 Å². The van der Waals surface area contributed by atoms with E-state index in [0.29, 0.717) is 16.3 Å². The maximum atomic E-state index is 12.7. The summed E-state index contributed by atoms with van der Waals surface area (Å²) in [7, 11) is -5.11. The molecular formula is C35H54Cl2N8O11S2. The lowest BCUT2D eigenvalue weighted by Gasteiger charge is -2.36. The number of nitro groups is 1. The molecule has 2 aromatic carbocycles. The van der Waals surface area contributed by atoms with Crippen LogP contribution < -0.4 is 16.4 Å². The largest absolute Gasteiger partial charge is 0.444 e. The highest BCUT2D eigenvalue weighted by Gasteiger charge is 2.44. The average molecular weight is 898 g/mol. The van der Waals surface area contributed by atoms with E-state index in [1.165, 1.54) is 39.2 Å². The topological polar surface area (TPSA) is 266 Å². The van der Waals surface area contributed by atoms with Crippen LogP contribution in [0.2, 0.25) is 10.0 Å². The van der Waals surface area contributed by atoms with Gasteiger partial charge in [-0.25, -0.2) is 45.0 Å². The van der Waals surface area contributed by atoms with Gasteiger partial charge in [-0.1, -0.05) is 30.6 Å². The number of sulfonamides is 2. The Hall–Kier alpha value is -4.44. The predicted molar refractivity (Wildman–Crippen MR) is 225 cm³/mol. The number of guanidine groups is 2. The molecule has 0 aliphatic carbocycles. The number of non-ortho nitro benzene ring substituents is 1. The van der Waals surface area contributed by atoms with E-state index in [0.717, 1.165) is 8.61 Å². The van der Waals surface area contributed by atoms with Crippen LogP contribution in [0.4, 0.5) is 21.0 Å². The smallest absolute Gasteiger partial charge is 0.414 e. The number of nitrogens with one attached hydrogen (secondary N) is 2. The second-order valence-corrected chi connectivity index (χ2v) is 19.9. The number of anilines is 1. The lowest BCUT2D eigenvalue weighted by Crippen LogP contribution is -2.54. The molecule has 0 aromatic heterocycles. The van der Waals surface area contributed by atoms with Gasteiger partial charge in [0.15, 0.2) is 0 Å². The molecule has 0 fully saturated rings. The number of amides is 2. The number of nitro benzene ring substituents is 1. The zero-order chi connectivity index (χ0) is 44.1. The molecule has 2 atom stereocenters. The van der Waals surface area contributed by atoms with Gasteiger partial charge in [0.05, 0.1) is 16.4 Å². The minimum absolute atomic E-state index is 0. The molecule has 0 spiro atoms. The van der Waals surface area contributed by atoms with Gasteiger partial charge >= 0.3 is 12.2 Å². The van der Waals surface area contributed by atoms with Crippen LogP contribution in [-0.2, 0) is 40.6 Å². The molecule has 2 aromatic rings. The molecule has 0 radical (unpaired) electrons. The summed E-state index contributed by atoms with van der Waals surface area (Å²) in [6.45, 7) is 15.1. The molecule has 0 saturated carbocycles. The fourth-order valence-electron chi connectivity index (χ4n) is 5.11. The van der Waals surface area contributed by atoms with E-state index in [1.807, 2.05) is 0 Å². The van der Waals surface area contributed by atoms with Crippen LogP contribution in [0.25, 0.3) is 0 Å². The molecule has 0 saturated heterocycles. The number of rotatable bonds is 3. The van der Waals surface area contributed by atoms with Gasteiger partial charge < -0.3 is 20.3 Å². The molecule has 5 N–H and O–H groups in total. The summed E-state index contributed by atoms with van der Waals surface area (Å²) in [4.78, 5) is 43.4. The first kappa shape index (κ1) is 51.6. The summed E-state index contributed by atoms with van der Waals surface area (Å²) in [5.74, 6) is -1.23. The van der Waals surface area contributed by atoms with Crippen LogP contribution in [0.15, 0.2) is 46.4 Å². The van der Waals surface area contributed by atoms with Crippen LogP contribution in [0.5, 0.6) is 0 Å². The monoisotopic (exact) mass is 896 g/mol. The van der Waals surface area contributed by atoms with E-state index < -0.39 is 65.2 Å². The first-order valence-corrected chi connectivity index (χ1v) is 21.0. The van der Waals surface area contributed by atoms with Gasteiger partial charge in [0, 0.05) is 59.7 Å². The number of benzene rings is 2. The summed E-state index contributed by atoms with van der Waals surface area (Å²) in [6, 6.07) is 8.47. The quantitative estimate of drug-likeness (QED) is 0.168. The van der Waals surface area contributed by atoms with Crippen LogP contribution in [-0.4, -0.2) is 103 Å². The number of nitrogens with two attached hydrogens (primary N) is 1. The number of aliphatic hydroxyl groups excluding tert-OH is 1. The molecule has 0 unspecified atom stereocenters. The summed E-state index contributed by atoms with van der Waals surface area (Å²) >= 11 is 12.4. The van der Waals surface area contributed by atoms with E-state index in [1.54, 1.807) is 73.6 Å². The predicted octanol–water partition coefficient (Wildman–Crippen LogP) is 5.55.